The van der Waals surface area contributed by atoms with Gasteiger partial charge in [0.1, 0.15) is 0 Å². The minimum absolute atomic E-state index is 0.0887. The zero-order valence-corrected chi connectivity index (χ0v) is 14.2. The third-order valence-electron chi connectivity index (χ3n) is 6.06. The molecule has 1 aliphatic carbocycles. The van der Waals surface area contributed by atoms with Crippen LogP contribution in [0.25, 0.3) is 0 Å². The molecule has 0 radical (unpaired) electrons. The number of methoxy groups -OCH3 is 1. The van der Waals surface area contributed by atoms with Crippen LogP contribution in [0.15, 0.2) is 16.9 Å². The Hall–Kier alpha value is -1.73. The van der Waals surface area contributed by atoms with Crippen LogP contribution in [0.3, 0.4) is 0 Å². The monoisotopic (exact) mass is 335 g/mol. The molecular weight excluding hydrogens is 310 g/mol. The van der Waals surface area contributed by atoms with E-state index in [4.69, 9.17) is 4.74 Å². The summed E-state index contributed by atoms with van der Waals surface area (Å²) in [6, 6.07) is 3.06. The summed E-state index contributed by atoms with van der Waals surface area (Å²) < 4.78 is 5.65. The SMILES string of the molecule is COC1(C)CC(O)C12CCN(C(=O)CCc1ccc(=O)[nH]n1)CC2. The second kappa shape index (κ2) is 6.29. The van der Waals surface area contributed by atoms with Crippen LogP contribution in [0, 0.1) is 5.41 Å². The molecule has 2 unspecified atom stereocenters. The van der Waals surface area contributed by atoms with E-state index in [1.165, 1.54) is 6.07 Å². The Balaban J connectivity index is 1.54. The van der Waals surface area contributed by atoms with E-state index in [-0.39, 0.29) is 28.6 Å². The average Bonchev–Trinajstić information content (AvgIpc) is 2.61. The second-order valence-corrected chi connectivity index (χ2v) is 7.10. The molecular formula is C17H25N3O4. The van der Waals surface area contributed by atoms with Crippen LogP contribution in [-0.2, 0) is 16.0 Å². The first-order chi connectivity index (χ1) is 11.4. The Morgan fingerprint density at radius 2 is 2.17 bits per heavy atom. The molecule has 1 saturated carbocycles. The van der Waals surface area contributed by atoms with Crippen molar-refractivity contribution in [2.24, 2.45) is 5.41 Å². The number of nitrogens with one attached hydrogen (secondary N) is 1. The van der Waals surface area contributed by atoms with Crippen molar-refractivity contribution in [3.05, 3.63) is 28.2 Å². The number of H-pyrrole nitrogens is 1. The van der Waals surface area contributed by atoms with E-state index in [1.54, 1.807) is 13.2 Å². The van der Waals surface area contributed by atoms with Crippen molar-refractivity contribution in [1.82, 2.24) is 15.1 Å². The Morgan fingerprint density at radius 3 is 2.71 bits per heavy atom. The number of carbonyl (C=O) groups excluding carboxylic acids is 1. The average molecular weight is 335 g/mol. The second-order valence-electron chi connectivity index (χ2n) is 7.10. The summed E-state index contributed by atoms with van der Waals surface area (Å²) in [5.41, 5.74) is -0.0510. The molecule has 2 atom stereocenters. The standard InChI is InChI=1S/C17H25N3O4/c1-16(24-2)11-13(21)17(16)7-9-20(10-8-17)15(23)6-4-12-3-5-14(22)19-18-12/h3,5,13,21H,4,6-11H2,1-2H3,(H,19,22). The van der Waals surface area contributed by atoms with E-state index in [0.717, 1.165) is 12.8 Å². The topological polar surface area (TPSA) is 95.5 Å². The molecule has 132 valence electrons. The highest BCUT2D eigenvalue weighted by atomic mass is 16.5. The van der Waals surface area contributed by atoms with E-state index < -0.39 is 0 Å². The lowest BCUT2D eigenvalue weighted by atomic mass is 9.51. The summed E-state index contributed by atoms with van der Waals surface area (Å²) in [7, 11) is 1.70. The molecule has 2 aliphatic rings. The van der Waals surface area contributed by atoms with E-state index >= 15 is 0 Å². The van der Waals surface area contributed by atoms with Gasteiger partial charge in [-0.25, -0.2) is 5.10 Å². The number of piperidine rings is 1. The van der Waals surface area contributed by atoms with Crippen LogP contribution in [0.1, 0.15) is 38.3 Å². The van der Waals surface area contributed by atoms with Gasteiger partial charge in [0, 0.05) is 50.9 Å². The zero-order chi connectivity index (χ0) is 17.4. The number of rotatable bonds is 4. The predicted octanol–water partition coefficient (Wildman–Crippen LogP) is 0.481. The number of aromatic amines is 1. The van der Waals surface area contributed by atoms with Crippen LogP contribution in [0.4, 0.5) is 0 Å². The number of aryl methyl sites for hydroxylation is 1. The number of nitrogens with zero attached hydrogens (tertiary/aromatic N) is 2. The molecule has 7 heteroatoms. The predicted molar refractivity (Wildman–Crippen MR) is 87.5 cm³/mol. The van der Waals surface area contributed by atoms with Gasteiger partial charge in [0.25, 0.3) is 5.56 Å². The molecule has 1 amide bonds. The first-order valence-electron chi connectivity index (χ1n) is 8.46. The Labute approximate surface area is 141 Å². The van der Waals surface area contributed by atoms with Crippen LogP contribution in [-0.4, -0.2) is 58.0 Å². The van der Waals surface area contributed by atoms with Gasteiger partial charge >= 0.3 is 0 Å². The lowest BCUT2D eigenvalue weighted by Gasteiger charge is -2.62. The first kappa shape index (κ1) is 17.1. The Bertz CT molecular complexity index is 646. The van der Waals surface area contributed by atoms with Gasteiger partial charge in [0.15, 0.2) is 0 Å². The van der Waals surface area contributed by atoms with E-state index in [0.29, 0.717) is 38.0 Å². The van der Waals surface area contributed by atoms with Crippen molar-refractivity contribution >= 4 is 5.91 Å². The van der Waals surface area contributed by atoms with E-state index in [2.05, 4.69) is 17.1 Å². The molecule has 1 aromatic heterocycles. The molecule has 1 spiro atoms. The number of amides is 1. The van der Waals surface area contributed by atoms with Crippen LogP contribution in [0.5, 0.6) is 0 Å². The molecule has 1 aliphatic heterocycles. The quantitative estimate of drug-likeness (QED) is 0.834. The molecule has 3 rings (SSSR count). The van der Waals surface area contributed by atoms with E-state index in [9.17, 15) is 14.7 Å². The van der Waals surface area contributed by atoms with Gasteiger partial charge in [0.2, 0.25) is 5.91 Å². The van der Waals surface area contributed by atoms with Gasteiger partial charge in [-0.1, -0.05) is 0 Å². The zero-order valence-electron chi connectivity index (χ0n) is 14.2. The summed E-state index contributed by atoms with van der Waals surface area (Å²) in [4.78, 5) is 25.2. The third-order valence-corrected chi connectivity index (χ3v) is 6.06. The first-order valence-corrected chi connectivity index (χ1v) is 8.46. The summed E-state index contributed by atoms with van der Waals surface area (Å²) in [5.74, 6) is 0.0887. The van der Waals surface area contributed by atoms with Gasteiger partial charge in [0.05, 0.1) is 17.4 Å². The highest BCUT2D eigenvalue weighted by Gasteiger charge is 2.63. The summed E-state index contributed by atoms with van der Waals surface area (Å²) in [6.45, 7) is 3.35. The number of hydrogen-bond acceptors (Lipinski definition) is 5. The van der Waals surface area contributed by atoms with Crippen molar-refractivity contribution in [2.75, 3.05) is 20.2 Å². The van der Waals surface area contributed by atoms with Gasteiger partial charge in [-0.2, -0.15) is 5.10 Å². The van der Waals surface area contributed by atoms with E-state index in [1.807, 2.05) is 4.90 Å². The van der Waals surface area contributed by atoms with Crippen LogP contribution in [0.2, 0.25) is 0 Å². The molecule has 2 fully saturated rings. The summed E-state index contributed by atoms with van der Waals surface area (Å²) >= 11 is 0. The van der Waals surface area contributed by atoms with Gasteiger partial charge < -0.3 is 14.7 Å². The van der Waals surface area contributed by atoms with Crippen molar-refractivity contribution in [3.63, 3.8) is 0 Å². The number of aliphatic hydroxyl groups is 1. The fraction of sp³-hybridized carbons (Fsp3) is 0.706. The maximum absolute atomic E-state index is 12.4. The largest absolute Gasteiger partial charge is 0.392 e. The fourth-order valence-corrected chi connectivity index (χ4v) is 4.20. The maximum Gasteiger partial charge on any atom is 0.264 e. The fourth-order valence-electron chi connectivity index (χ4n) is 4.20. The van der Waals surface area contributed by atoms with Crippen molar-refractivity contribution in [2.45, 2.75) is 50.7 Å². The highest BCUT2D eigenvalue weighted by Crippen LogP contribution is 2.57. The number of hydrogen-bond donors (Lipinski definition) is 2. The van der Waals surface area contributed by atoms with Crippen LogP contribution < -0.4 is 5.56 Å². The maximum atomic E-state index is 12.4. The van der Waals surface area contributed by atoms with Gasteiger partial charge in [-0.05, 0) is 25.8 Å². The van der Waals surface area contributed by atoms with Gasteiger partial charge in [-0.15, -0.1) is 0 Å². The highest BCUT2D eigenvalue weighted by molar-refractivity contribution is 5.76. The molecule has 24 heavy (non-hydrogen) atoms. The summed E-state index contributed by atoms with van der Waals surface area (Å²) in [5, 5.41) is 16.6. The molecule has 1 aromatic rings. The van der Waals surface area contributed by atoms with Crippen molar-refractivity contribution in [3.8, 4) is 0 Å². The number of carbonyl (C=O) groups is 1. The smallest absolute Gasteiger partial charge is 0.264 e. The Kier molecular flexibility index (Phi) is 4.48. The number of aliphatic hydroxyl groups excluding tert-OH is 1. The van der Waals surface area contributed by atoms with Crippen molar-refractivity contribution < 1.29 is 14.6 Å². The number of aromatic nitrogens is 2. The normalized spacial score (nSPS) is 28.6. The van der Waals surface area contributed by atoms with Crippen molar-refractivity contribution in [1.29, 1.82) is 0 Å². The molecule has 2 N–H and O–H groups in total. The minimum atomic E-state index is -0.343. The lowest BCUT2D eigenvalue weighted by Crippen LogP contribution is -2.69. The summed E-state index contributed by atoms with van der Waals surface area (Å²) in [6.07, 6.45) is 2.73. The molecule has 0 bridgehead atoms. The molecule has 7 nitrogen and oxygen atoms in total. The number of ether oxygens (including phenoxy) is 1. The molecule has 2 heterocycles. The lowest BCUT2D eigenvalue weighted by molar-refractivity contribution is -0.261. The molecule has 1 saturated heterocycles. The van der Waals surface area contributed by atoms with Crippen LogP contribution >= 0.6 is 0 Å². The molecule has 0 aromatic carbocycles. The number of likely N-dealkylation sites (tertiary alicyclic amines) is 1. The minimum Gasteiger partial charge on any atom is -0.392 e. The van der Waals surface area contributed by atoms with Gasteiger partial charge in [-0.3, -0.25) is 9.59 Å². The Morgan fingerprint density at radius 1 is 1.46 bits per heavy atom. The third kappa shape index (κ3) is 2.75.